The predicted molar refractivity (Wildman–Crippen MR) is 357 cm³/mol. The van der Waals surface area contributed by atoms with Gasteiger partial charge in [-0.15, -0.1) is 0 Å². The minimum atomic E-state index is -3.84. The number of nitriles is 1. The molecule has 0 atom stereocenters. The number of phenolic OH excluding ortho intramolecular Hbond substituents is 1. The van der Waals surface area contributed by atoms with Gasteiger partial charge in [0, 0.05) is 34.6 Å². The number of carbonyl (C=O) groups excluding carboxylic acids is 1. The first-order valence-corrected chi connectivity index (χ1v) is 35.3. The standard InChI is InChI=1S/C22H21NO5S.C18H16N2O4S2.C14H12N2O2S.C13H12ClNO2S/c1-16-7-10-19(11-8-16)29(26,27)23-13-14-28-18-9-12-20(21(24)15-18)22(25)17-5-3-2-4-6-17;21-25(22,15-9-3-1-4-10-15)19-17-13-7-8-14-18(17)20-26(23,24)16-11-5-2-6-12-16;1-11-2-8-14(9-3-11)19(17,18)16-13-6-4-12(10-15)5-7-13;1-10-2-8-13(9-3-10)18(16,17)15-12-6-4-11(14)5-7-12/h2-12,15,23-24H,13-14H2,1H3;1-14,19-20H;2-9,16H,1H3;2-9,15H,1H3. The van der Waals surface area contributed by atoms with Crippen LogP contribution < -0.4 is 28.3 Å². The van der Waals surface area contributed by atoms with Gasteiger partial charge in [-0.25, -0.2) is 46.8 Å². The third-order valence-corrected chi connectivity index (χ3v) is 20.1. The summed E-state index contributed by atoms with van der Waals surface area (Å²) >= 11 is 5.74. The summed E-state index contributed by atoms with van der Waals surface area (Å²) in [5, 5.41) is 19.4. The lowest BCUT2D eigenvalue weighted by Crippen LogP contribution is -2.28. The van der Waals surface area contributed by atoms with Gasteiger partial charge in [-0.05, 0) is 154 Å². The number of halogens is 1. The van der Waals surface area contributed by atoms with Crippen LogP contribution in [0.5, 0.6) is 11.5 Å². The van der Waals surface area contributed by atoms with E-state index < -0.39 is 50.1 Å². The fourth-order valence-electron chi connectivity index (χ4n) is 7.95. The molecule has 19 nitrogen and oxygen atoms in total. The zero-order valence-electron chi connectivity index (χ0n) is 49.4. The van der Waals surface area contributed by atoms with Gasteiger partial charge in [0.2, 0.25) is 10.0 Å². The Labute approximate surface area is 541 Å². The van der Waals surface area contributed by atoms with E-state index in [-0.39, 0.29) is 66.1 Å². The molecule has 0 amide bonds. The van der Waals surface area contributed by atoms with Crippen LogP contribution in [0.15, 0.2) is 279 Å². The maximum atomic E-state index is 12.5. The van der Waals surface area contributed by atoms with E-state index in [1.165, 1.54) is 48.5 Å². The molecule has 0 spiro atoms. The summed E-state index contributed by atoms with van der Waals surface area (Å²) < 4.78 is 140. The minimum Gasteiger partial charge on any atom is -0.507 e. The lowest BCUT2D eigenvalue weighted by Gasteiger charge is -2.14. The Morgan fingerprint density at radius 3 is 1.20 bits per heavy atom. The number of anilines is 4. The second-order valence-corrected chi connectivity index (χ2v) is 28.8. The van der Waals surface area contributed by atoms with Gasteiger partial charge in [-0.1, -0.05) is 144 Å². The number of hydrogen-bond donors (Lipinski definition) is 6. The van der Waals surface area contributed by atoms with Crippen LogP contribution in [0.1, 0.15) is 38.2 Å². The number of hydrogen-bond acceptors (Lipinski definition) is 14. The molecule has 10 aromatic rings. The molecule has 92 heavy (non-hydrogen) atoms. The number of benzene rings is 10. The number of aromatic hydroxyl groups is 1. The number of ether oxygens (including phenoxy) is 1. The zero-order valence-corrected chi connectivity index (χ0v) is 54.2. The van der Waals surface area contributed by atoms with E-state index in [0.717, 1.165) is 16.7 Å². The summed E-state index contributed by atoms with van der Waals surface area (Å²) in [6.45, 7) is 5.80. The Balaban J connectivity index is 0.000000177. The summed E-state index contributed by atoms with van der Waals surface area (Å²) in [6.07, 6.45) is 0. The van der Waals surface area contributed by atoms with Crippen molar-refractivity contribution in [2.24, 2.45) is 0 Å². The topological polar surface area (TPSA) is 301 Å². The van der Waals surface area contributed by atoms with Gasteiger partial charge < -0.3 is 9.84 Å². The van der Waals surface area contributed by atoms with Crippen LogP contribution in [0, 0.1) is 32.1 Å². The van der Waals surface area contributed by atoms with Crippen LogP contribution in [-0.2, 0) is 50.1 Å². The number of sulfonamides is 5. The molecule has 10 aromatic carbocycles. The highest BCUT2D eigenvalue weighted by molar-refractivity contribution is 7.93. The average Bonchev–Trinajstić information content (AvgIpc) is 0.891. The van der Waals surface area contributed by atoms with Crippen molar-refractivity contribution in [3.05, 3.63) is 293 Å². The fourth-order valence-corrected chi connectivity index (χ4v) is 13.4. The van der Waals surface area contributed by atoms with Crippen molar-refractivity contribution in [2.75, 3.05) is 32.0 Å². The molecular formula is C67H61ClN6O13S5. The Bertz CT molecular complexity index is 4660. The number of nitrogens with one attached hydrogen (secondary N) is 5. The predicted octanol–water partition coefficient (Wildman–Crippen LogP) is 12.7. The Kier molecular flexibility index (Phi) is 24.0. The van der Waals surface area contributed by atoms with Gasteiger partial charge in [0.15, 0.2) is 5.78 Å². The summed E-state index contributed by atoms with van der Waals surface area (Å²) in [7, 11) is -18.4. The van der Waals surface area contributed by atoms with Crippen LogP contribution in [0.25, 0.3) is 0 Å². The van der Waals surface area contributed by atoms with Crippen LogP contribution in [-0.4, -0.2) is 66.1 Å². The van der Waals surface area contributed by atoms with Crippen molar-refractivity contribution in [3.63, 3.8) is 0 Å². The number of para-hydroxylation sites is 2. The molecule has 0 heterocycles. The van der Waals surface area contributed by atoms with Gasteiger partial charge in [-0.3, -0.25) is 23.7 Å². The molecule has 474 valence electrons. The van der Waals surface area contributed by atoms with E-state index in [2.05, 4.69) is 23.6 Å². The Hall–Kier alpha value is -9.84. The van der Waals surface area contributed by atoms with E-state index in [4.69, 9.17) is 21.6 Å². The summed E-state index contributed by atoms with van der Waals surface area (Å²) in [6, 6.07) is 69.5. The molecule has 0 fully saturated rings. The quantitative estimate of drug-likeness (QED) is 0.0305. The van der Waals surface area contributed by atoms with E-state index in [0.29, 0.717) is 33.3 Å². The lowest BCUT2D eigenvalue weighted by atomic mass is 10.0. The number of nitrogens with zero attached hydrogens (tertiary/aromatic N) is 1. The SMILES string of the molecule is Cc1ccc(S(=O)(=O)NCCOc2ccc(C(=O)c3ccccc3)c(O)c2)cc1.Cc1ccc(S(=O)(=O)Nc2ccc(C#N)cc2)cc1.Cc1ccc(S(=O)(=O)Nc2ccc(Cl)cc2)cc1.O=S(=O)(Nc1ccccc1NS(=O)(=O)c1ccccc1)c1ccccc1. The highest BCUT2D eigenvalue weighted by Crippen LogP contribution is 2.29. The van der Waals surface area contributed by atoms with Gasteiger partial charge in [0.25, 0.3) is 40.1 Å². The second-order valence-electron chi connectivity index (χ2n) is 19.8. The van der Waals surface area contributed by atoms with Crippen LogP contribution in [0.2, 0.25) is 5.02 Å². The molecule has 10 rings (SSSR count). The largest absolute Gasteiger partial charge is 0.507 e. The summed E-state index contributed by atoms with van der Waals surface area (Å²) in [5.74, 6) is -0.154. The highest BCUT2D eigenvalue weighted by atomic mass is 35.5. The van der Waals surface area contributed by atoms with E-state index >= 15 is 0 Å². The van der Waals surface area contributed by atoms with Crippen LogP contribution >= 0.6 is 11.6 Å². The van der Waals surface area contributed by atoms with Crippen LogP contribution in [0.3, 0.4) is 0 Å². The average molecular weight is 1350 g/mol. The maximum absolute atomic E-state index is 12.5. The Morgan fingerprint density at radius 2 is 0.793 bits per heavy atom. The van der Waals surface area contributed by atoms with Crippen molar-refractivity contribution in [3.8, 4) is 17.6 Å². The van der Waals surface area contributed by atoms with Crippen molar-refractivity contribution in [1.82, 2.24) is 4.72 Å². The normalized spacial score (nSPS) is 11.2. The van der Waals surface area contributed by atoms with Crippen molar-refractivity contribution in [2.45, 2.75) is 45.2 Å². The van der Waals surface area contributed by atoms with E-state index in [1.807, 2.05) is 26.8 Å². The first-order chi connectivity index (χ1) is 43.7. The molecule has 0 unspecified atom stereocenters. The van der Waals surface area contributed by atoms with Gasteiger partial charge >= 0.3 is 0 Å². The molecule has 0 aliphatic rings. The molecular weight excluding hydrogens is 1290 g/mol. The van der Waals surface area contributed by atoms with Crippen LogP contribution in [0.4, 0.5) is 22.7 Å². The monoisotopic (exact) mass is 1350 g/mol. The van der Waals surface area contributed by atoms with Gasteiger partial charge in [0.1, 0.15) is 18.1 Å². The lowest BCUT2D eigenvalue weighted by molar-refractivity contribution is 0.103. The maximum Gasteiger partial charge on any atom is 0.261 e. The second kappa shape index (κ2) is 31.8. The molecule has 25 heteroatoms. The van der Waals surface area contributed by atoms with Crippen molar-refractivity contribution < 1.29 is 56.7 Å². The third-order valence-electron chi connectivity index (χ3n) is 12.8. The zero-order chi connectivity index (χ0) is 66.5. The molecule has 0 bridgehead atoms. The molecule has 6 N–H and O–H groups in total. The van der Waals surface area contributed by atoms with Gasteiger partial charge in [0.05, 0.1) is 53.0 Å². The molecule has 0 aliphatic carbocycles. The van der Waals surface area contributed by atoms with Crippen molar-refractivity contribution >= 4 is 90.3 Å². The summed E-state index contributed by atoms with van der Waals surface area (Å²) in [4.78, 5) is 13.2. The molecule has 0 aromatic heterocycles. The van der Waals surface area contributed by atoms with Gasteiger partial charge in [-0.2, -0.15) is 5.26 Å². The molecule has 0 aliphatic heterocycles. The minimum absolute atomic E-state index is 0.0572. The van der Waals surface area contributed by atoms with E-state index in [1.54, 1.807) is 206 Å². The number of ketones is 1. The smallest absolute Gasteiger partial charge is 0.261 e. The number of phenols is 1. The van der Waals surface area contributed by atoms with E-state index in [9.17, 15) is 52.0 Å². The fraction of sp³-hybridized carbons (Fsp3) is 0.0746. The van der Waals surface area contributed by atoms with Crippen molar-refractivity contribution in [1.29, 1.82) is 5.26 Å². The first kappa shape index (κ1) is 69.6. The Morgan fingerprint density at radius 1 is 0.435 bits per heavy atom. The third kappa shape index (κ3) is 20.6. The molecule has 0 radical (unpaired) electrons. The number of aryl methyl sites for hydroxylation is 3. The molecule has 0 saturated carbocycles. The number of rotatable bonds is 20. The molecule has 0 saturated heterocycles. The first-order valence-electron chi connectivity index (χ1n) is 27.5. The summed E-state index contributed by atoms with van der Waals surface area (Å²) in [5.41, 5.74) is 5.30. The highest BCUT2D eigenvalue weighted by Gasteiger charge is 2.21. The number of carbonyl (C=O) groups is 1.